The summed E-state index contributed by atoms with van der Waals surface area (Å²) in [6, 6.07) is 9.31. The minimum atomic E-state index is -0.380. The van der Waals surface area contributed by atoms with Crippen molar-refractivity contribution in [3.05, 3.63) is 70.3 Å². The normalized spacial score (nSPS) is 11.1. The molecule has 0 saturated carbocycles. The van der Waals surface area contributed by atoms with E-state index in [0.717, 1.165) is 17.0 Å². The highest BCUT2D eigenvalue weighted by molar-refractivity contribution is 6.30. The standard InChI is InChI=1S/C16H15ClFN/c1-12-8-9-15(17)11-14(12)6-3-2-5-13-7-4-10-19-16(13)18/h3-4,6-11H,2,5H2,1H3/b6-3-. The second-order valence-corrected chi connectivity index (χ2v) is 4.83. The molecule has 0 radical (unpaired) electrons. The Morgan fingerprint density at radius 3 is 2.95 bits per heavy atom. The molecule has 0 amide bonds. The van der Waals surface area contributed by atoms with Gasteiger partial charge in [0.25, 0.3) is 0 Å². The van der Waals surface area contributed by atoms with Gasteiger partial charge in [-0.3, -0.25) is 0 Å². The molecule has 0 saturated heterocycles. The van der Waals surface area contributed by atoms with E-state index in [2.05, 4.69) is 4.98 Å². The number of hydrogen-bond acceptors (Lipinski definition) is 1. The monoisotopic (exact) mass is 275 g/mol. The van der Waals surface area contributed by atoms with E-state index in [-0.39, 0.29) is 5.95 Å². The lowest BCUT2D eigenvalue weighted by molar-refractivity contribution is 0.566. The smallest absolute Gasteiger partial charge is 0.216 e. The number of hydrogen-bond donors (Lipinski definition) is 0. The lowest BCUT2D eigenvalue weighted by atomic mass is 10.1. The average molecular weight is 276 g/mol. The van der Waals surface area contributed by atoms with E-state index < -0.39 is 0 Å². The van der Waals surface area contributed by atoms with E-state index in [0.29, 0.717) is 12.0 Å². The zero-order chi connectivity index (χ0) is 13.7. The molecule has 0 aliphatic carbocycles. The molecule has 0 aliphatic rings. The minimum absolute atomic E-state index is 0.380. The molecule has 0 unspecified atom stereocenters. The van der Waals surface area contributed by atoms with Crippen molar-refractivity contribution in [2.24, 2.45) is 0 Å². The van der Waals surface area contributed by atoms with E-state index in [1.807, 2.05) is 37.3 Å². The predicted octanol–water partition coefficient (Wildman–Crippen LogP) is 4.83. The molecule has 0 N–H and O–H groups in total. The van der Waals surface area contributed by atoms with E-state index in [1.165, 1.54) is 11.8 Å². The van der Waals surface area contributed by atoms with Gasteiger partial charge in [-0.15, -0.1) is 0 Å². The molecule has 3 heteroatoms. The Balaban J connectivity index is 1.97. The second kappa shape index (κ2) is 6.48. The molecule has 1 heterocycles. The number of allylic oxidation sites excluding steroid dienone is 1. The molecule has 0 fully saturated rings. The first-order valence-corrected chi connectivity index (χ1v) is 6.56. The molecular weight excluding hydrogens is 261 g/mol. The van der Waals surface area contributed by atoms with Crippen LogP contribution in [0, 0.1) is 12.9 Å². The summed E-state index contributed by atoms with van der Waals surface area (Å²) in [6.07, 6.45) is 6.94. The fraction of sp³-hybridized carbons (Fsp3) is 0.188. The quantitative estimate of drug-likeness (QED) is 0.729. The second-order valence-electron chi connectivity index (χ2n) is 4.40. The highest BCUT2D eigenvalue weighted by Gasteiger charge is 2.00. The molecule has 2 rings (SSSR count). The van der Waals surface area contributed by atoms with Crippen molar-refractivity contribution in [1.82, 2.24) is 4.98 Å². The summed E-state index contributed by atoms with van der Waals surface area (Å²) >= 11 is 5.95. The SMILES string of the molecule is Cc1ccc(Cl)cc1/C=C\CCc1cccnc1F. The van der Waals surface area contributed by atoms with Gasteiger partial charge in [-0.2, -0.15) is 4.39 Å². The molecule has 2 aromatic rings. The highest BCUT2D eigenvalue weighted by Crippen LogP contribution is 2.17. The zero-order valence-corrected chi connectivity index (χ0v) is 11.5. The summed E-state index contributed by atoms with van der Waals surface area (Å²) in [6.45, 7) is 2.04. The number of aromatic nitrogens is 1. The van der Waals surface area contributed by atoms with E-state index in [4.69, 9.17) is 11.6 Å². The Labute approximate surface area is 117 Å². The third kappa shape index (κ3) is 3.90. The molecule has 0 spiro atoms. The molecule has 19 heavy (non-hydrogen) atoms. The number of aryl methyl sites for hydroxylation is 2. The molecule has 0 aliphatic heterocycles. The Kier molecular flexibility index (Phi) is 4.69. The van der Waals surface area contributed by atoms with Crippen LogP contribution in [0.3, 0.4) is 0 Å². The number of nitrogens with zero attached hydrogens (tertiary/aromatic N) is 1. The van der Waals surface area contributed by atoms with Crippen LogP contribution in [0.1, 0.15) is 23.1 Å². The Bertz CT molecular complexity index is 593. The summed E-state index contributed by atoms with van der Waals surface area (Å²) < 4.78 is 13.3. The van der Waals surface area contributed by atoms with Gasteiger partial charge in [-0.05, 0) is 49.1 Å². The van der Waals surface area contributed by atoms with Crippen molar-refractivity contribution in [3.8, 4) is 0 Å². The van der Waals surface area contributed by atoms with Crippen molar-refractivity contribution in [2.75, 3.05) is 0 Å². The lowest BCUT2D eigenvalue weighted by Crippen LogP contribution is -1.92. The van der Waals surface area contributed by atoms with Crippen LogP contribution in [0.5, 0.6) is 0 Å². The van der Waals surface area contributed by atoms with Gasteiger partial charge in [-0.25, -0.2) is 4.98 Å². The number of halogens is 2. The number of pyridine rings is 1. The van der Waals surface area contributed by atoms with Crippen LogP contribution in [-0.4, -0.2) is 4.98 Å². The first kappa shape index (κ1) is 13.8. The topological polar surface area (TPSA) is 12.9 Å². The molecular formula is C16H15ClFN. The average Bonchev–Trinajstić information content (AvgIpc) is 2.40. The Morgan fingerprint density at radius 2 is 2.16 bits per heavy atom. The van der Waals surface area contributed by atoms with Gasteiger partial charge in [0.15, 0.2) is 0 Å². The highest BCUT2D eigenvalue weighted by atomic mass is 35.5. The van der Waals surface area contributed by atoms with Crippen LogP contribution in [-0.2, 0) is 6.42 Å². The lowest BCUT2D eigenvalue weighted by Gasteiger charge is -2.01. The third-order valence-electron chi connectivity index (χ3n) is 2.96. The first-order chi connectivity index (χ1) is 9.16. The van der Waals surface area contributed by atoms with Gasteiger partial charge in [0, 0.05) is 16.8 Å². The van der Waals surface area contributed by atoms with Crippen LogP contribution >= 0.6 is 11.6 Å². The summed E-state index contributed by atoms with van der Waals surface area (Å²) in [5.74, 6) is -0.380. The maximum Gasteiger partial charge on any atom is 0.216 e. The summed E-state index contributed by atoms with van der Waals surface area (Å²) in [5.41, 5.74) is 2.92. The molecule has 1 aromatic carbocycles. The fourth-order valence-electron chi connectivity index (χ4n) is 1.85. The molecule has 1 nitrogen and oxygen atoms in total. The molecule has 98 valence electrons. The van der Waals surface area contributed by atoms with E-state index in [9.17, 15) is 4.39 Å². The van der Waals surface area contributed by atoms with Gasteiger partial charge in [0.1, 0.15) is 0 Å². The minimum Gasteiger partial charge on any atom is -0.228 e. The Hall–Kier alpha value is -1.67. The molecule has 1 aromatic heterocycles. The number of benzene rings is 1. The first-order valence-electron chi connectivity index (χ1n) is 6.19. The summed E-state index contributed by atoms with van der Waals surface area (Å²) in [7, 11) is 0. The summed E-state index contributed by atoms with van der Waals surface area (Å²) in [5, 5.41) is 0.726. The summed E-state index contributed by atoms with van der Waals surface area (Å²) in [4.78, 5) is 3.63. The zero-order valence-electron chi connectivity index (χ0n) is 10.7. The molecule has 0 bridgehead atoms. The molecule has 0 atom stereocenters. The number of rotatable bonds is 4. The van der Waals surface area contributed by atoms with Gasteiger partial charge in [0.05, 0.1) is 0 Å². The maximum absolute atomic E-state index is 13.3. The largest absolute Gasteiger partial charge is 0.228 e. The Morgan fingerprint density at radius 1 is 1.32 bits per heavy atom. The van der Waals surface area contributed by atoms with Gasteiger partial charge in [-0.1, -0.05) is 35.9 Å². The van der Waals surface area contributed by atoms with Gasteiger partial charge in [0.2, 0.25) is 5.95 Å². The van der Waals surface area contributed by atoms with E-state index >= 15 is 0 Å². The third-order valence-corrected chi connectivity index (χ3v) is 3.19. The fourth-order valence-corrected chi connectivity index (χ4v) is 2.03. The van der Waals surface area contributed by atoms with Crippen LogP contribution < -0.4 is 0 Å². The van der Waals surface area contributed by atoms with Crippen molar-refractivity contribution in [3.63, 3.8) is 0 Å². The van der Waals surface area contributed by atoms with E-state index in [1.54, 1.807) is 12.1 Å². The van der Waals surface area contributed by atoms with Crippen LogP contribution in [0.4, 0.5) is 4.39 Å². The van der Waals surface area contributed by atoms with Gasteiger partial charge < -0.3 is 0 Å². The van der Waals surface area contributed by atoms with Crippen molar-refractivity contribution in [1.29, 1.82) is 0 Å². The van der Waals surface area contributed by atoms with Crippen LogP contribution in [0.2, 0.25) is 5.02 Å². The van der Waals surface area contributed by atoms with Gasteiger partial charge >= 0.3 is 0 Å². The van der Waals surface area contributed by atoms with Crippen molar-refractivity contribution < 1.29 is 4.39 Å². The van der Waals surface area contributed by atoms with Crippen LogP contribution in [0.25, 0.3) is 6.08 Å². The van der Waals surface area contributed by atoms with Crippen molar-refractivity contribution in [2.45, 2.75) is 19.8 Å². The predicted molar refractivity (Wildman–Crippen MR) is 77.7 cm³/mol. The van der Waals surface area contributed by atoms with Crippen LogP contribution in [0.15, 0.2) is 42.6 Å². The van der Waals surface area contributed by atoms with Crippen molar-refractivity contribution >= 4 is 17.7 Å². The maximum atomic E-state index is 13.3.